The number of dihydropyridines is 1. The van der Waals surface area contributed by atoms with Crippen LogP contribution in [0.3, 0.4) is 0 Å². The minimum Gasteiger partial charge on any atom is -0.493 e. The molecule has 0 unspecified atom stereocenters. The Morgan fingerprint density at radius 3 is 3.08 bits per heavy atom. The first-order valence-corrected chi connectivity index (χ1v) is 3.88. The molecule has 0 bridgehead atoms. The number of aliphatic hydroxyl groups is 1. The Hall–Kier alpha value is -1.62. The fourth-order valence-corrected chi connectivity index (χ4v) is 0.843. The number of nitrogens with two attached hydrogens (primary N) is 1. The van der Waals surface area contributed by atoms with Gasteiger partial charge in [-0.05, 0) is 12.2 Å². The lowest BCUT2D eigenvalue weighted by Crippen LogP contribution is -2.24. The van der Waals surface area contributed by atoms with Gasteiger partial charge in [0.05, 0.1) is 0 Å². The van der Waals surface area contributed by atoms with Crippen molar-refractivity contribution in [1.29, 1.82) is 0 Å². The van der Waals surface area contributed by atoms with E-state index in [4.69, 9.17) is 5.73 Å². The Kier molecular flexibility index (Phi) is 3.22. The number of aliphatic imine (C=N–C) groups is 1. The lowest BCUT2D eigenvalue weighted by molar-refractivity contribution is -0.111. The Labute approximate surface area is 75.6 Å². The largest absolute Gasteiger partial charge is 0.493 e. The Morgan fingerprint density at radius 1 is 1.69 bits per heavy atom. The van der Waals surface area contributed by atoms with Crippen LogP contribution in [0.2, 0.25) is 0 Å². The van der Waals surface area contributed by atoms with Gasteiger partial charge in [-0.2, -0.15) is 0 Å². The van der Waals surface area contributed by atoms with Crippen molar-refractivity contribution < 1.29 is 9.90 Å². The number of nitrogens with zero attached hydrogens (tertiary/aromatic N) is 1. The molecule has 0 aromatic heterocycles. The fourth-order valence-electron chi connectivity index (χ4n) is 0.843. The average molecular weight is 181 g/mol. The van der Waals surface area contributed by atoms with Crippen LogP contribution in [0.4, 0.5) is 0 Å². The second-order valence-electron chi connectivity index (χ2n) is 2.41. The van der Waals surface area contributed by atoms with Gasteiger partial charge in [-0.15, -0.1) is 0 Å². The Bertz CT molecular complexity index is 292. The number of hydrogen-bond donors (Lipinski definition) is 3. The van der Waals surface area contributed by atoms with Crippen LogP contribution in [-0.4, -0.2) is 30.2 Å². The summed E-state index contributed by atoms with van der Waals surface area (Å²) in [5.74, 6) is -0.541. The summed E-state index contributed by atoms with van der Waals surface area (Å²) in [6, 6.07) is 0. The van der Waals surface area contributed by atoms with E-state index in [1.54, 1.807) is 0 Å². The Morgan fingerprint density at radius 2 is 2.46 bits per heavy atom. The maximum atomic E-state index is 11.1. The molecule has 0 amide bonds. The van der Waals surface area contributed by atoms with Crippen molar-refractivity contribution in [2.24, 2.45) is 10.7 Å². The summed E-state index contributed by atoms with van der Waals surface area (Å²) >= 11 is 0. The number of rotatable bonds is 3. The second-order valence-corrected chi connectivity index (χ2v) is 2.41. The molecule has 5 heteroatoms. The molecule has 0 saturated heterocycles. The summed E-state index contributed by atoms with van der Waals surface area (Å²) in [6.45, 7) is 0.785. The number of ketones is 1. The van der Waals surface area contributed by atoms with Crippen molar-refractivity contribution in [3.63, 3.8) is 0 Å². The highest BCUT2D eigenvalue weighted by atomic mass is 16.3. The van der Waals surface area contributed by atoms with Crippen LogP contribution >= 0.6 is 0 Å². The molecule has 0 atom stereocenters. The Balaban J connectivity index is 2.72. The maximum absolute atomic E-state index is 11.1. The van der Waals surface area contributed by atoms with Gasteiger partial charge in [0, 0.05) is 19.3 Å². The third-order valence-electron chi connectivity index (χ3n) is 1.43. The van der Waals surface area contributed by atoms with E-state index in [0.29, 0.717) is 13.1 Å². The molecule has 13 heavy (non-hydrogen) atoms. The molecular formula is C8H11N3O2. The van der Waals surface area contributed by atoms with Gasteiger partial charge in [0.1, 0.15) is 0 Å². The van der Waals surface area contributed by atoms with Crippen LogP contribution in [-0.2, 0) is 4.79 Å². The fraction of sp³-hybridized carbons (Fsp3) is 0.250. The third kappa shape index (κ3) is 2.41. The minimum absolute atomic E-state index is 0.0240. The van der Waals surface area contributed by atoms with Gasteiger partial charge in [0.25, 0.3) is 0 Å². The van der Waals surface area contributed by atoms with E-state index in [2.05, 4.69) is 10.3 Å². The van der Waals surface area contributed by atoms with E-state index in [-0.39, 0.29) is 17.4 Å². The maximum Gasteiger partial charge on any atom is 0.215 e. The second kappa shape index (κ2) is 4.42. The first-order valence-electron chi connectivity index (χ1n) is 3.88. The summed E-state index contributed by atoms with van der Waals surface area (Å²) in [6.07, 6.45) is 4.29. The molecule has 4 N–H and O–H groups in total. The minimum atomic E-state index is -0.315. The van der Waals surface area contributed by atoms with Crippen molar-refractivity contribution in [2.45, 2.75) is 0 Å². The van der Waals surface area contributed by atoms with Crippen molar-refractivity contribution in [3.05, 3.63) is 23.7 Å². The van der Waals surface area contributed by atoms with Gasteiger partial charge in [-0.3, -0.25) is 4.79 Å². The number of carbonyl (C=O) groups excluding carboxylic acids is 1. The zero-order chi connectivity index (χ0) is 9.68. The molecule has 0 fully saturated rings. The predicted octanol–water partition coefficient (Wildman–Crippen LogP) is -0.529. The van der Waals surface area contributed by atoms with Gasteiger partial charge in [0.2, 0.25) is 11.7 Å². The molecule has 0 aromatic carbocycles. The number of aliphatic hydroxyl groups excluding tert-OH is 1. The summed E-state index contributed by atoms with van der Waals surface area (Å²) in [5.41, 5.74) is 5.23. The highest BCUT2D eigenvalue weighted by Gasteiger charge is 2.12. The highest BCUT2D eigenvalue weighted by Crippen LogP contribution is 2.06. The van der Waals surface area contributed by atoms with Gasteiger partial charge in [0.15, 0.2) is 5.70 Å². The normalized spacial score (nSPS) is 19.0. The molecule has 5 nitrogen and oxygen atoms in total. The predicted molar refractivity (Wildman–Crippen MR) is 49.4 cm³/mol. The lowest BCUT2D eigenvalue weighted by Gasteiger charge is -2.06. The zero-order valence-corrected chi connectivity index (χ0v) is 7.03. The van der Waals surface area contributed by atoms with Gasteiger partial charge in [-0.1, -0.05) is 0 Å². The van der Waals surface area contributed by atoms with Gasteiger partial charge < -0.3 is 16.2 Å². The molecule has 1 aliphatic rings. The van der Waals surface area contributed by atoms with Crippen molar-refractivity contribution in [1.82, 2.24) is 5.32 Å². The van der Waals surface area contributed by atoms with Gasteiger partial charge in [-0.25, -0.2) is 4.99 Å². The van der Waals surface area contributed by atoms with E-state index < -0.39 is 0 Å². The van der Waals surface area contributed by atoms with Crippen molar-refractivity contribution in [3.8, 4) is 0 Å². The molecule has 0 saturated carbocycles. The molecule has 0 aliphatic carbocycles. The summed E-state index contributed by atoms with van der Waals surface area (Å²) in [4.78, 5) is 14.8. The summed E-state index contributed by atoms with van der Waals surface area (Å²) < 4.78 is 0. The van der Waals surface area contributed by atoms with Crippen LogP contribution in [0.1, 0.15) is 0 Å². The molecule has 70 valence electrons. The molecule has 0 aromatic rings. The first-order chi connectivity index (χ1) is 6.25. The van der Waals surface area contributed by atoms with Crippen molar-refractivity contribution >= 4 is 12.0 Å². The molecule has 1 aliphatic heterocycles. The summed E-state index contributed by atoms with van der Waals surface area (Å²) in [7, 11) is 0. The monoisotopic (exact) mass is 181 g/mol. The van der Waals surface area contributed by atoms with Crippen LogP contribution < -0.4 is 11.1 Å². The lowest BCUT2D eigenvalue weighted by atomic mass is 10.2. The van der Waals surface area contributed by atoms with E-state index in [1.807, 2.05) is 0 Å². The van der Waals surface area contributed by atoms with Crippen LogP contribution in [0, 0.1) is 0 Å². The van der Waals surface area contributed by atoms with Crippen LogP contribution in [0.5, 0.6) is 0 Å². The van der Waals surface area contributed by atoms with E-state index in [9.17, 15) is 9.90 Å². The average Bonchev–Trinajstić information content (AvgIpc) is 2.15. The standard InChI is InChI=1S/C8H11N3O2/c9-3-5-11-8(13)7-6(12)2-1-4-10-7/h1-2,4,11,13H,3,5,9H2/b8-7+. The SMILES string of the molecule is NCCN/C(O)=C1\N=CC=CC1=O. The molecule has 1 rings (SSSR count). The smallest absolute Gasteiger partial charge is 0.215 e. The molecular weight excluding hydrogens is 170 g/mol. The third-order valence-corrected chi connectivity index (χ3v) is 1.43. The zero-order valence-electron chi connectivity index (χ0n) is 7.03. The van der Waals surface area contributed by atoms with Crippen molar-refractivity contribution in [2.75, 3.05) is 13.1 Å². The van der Waals surface area contributed by atoms with Crippen LogP contribution in [0.25, 0.3) is 0 Å². The topological polar surface area (TPSA) is 87.7 Å². The summed E-state index contributed by atoms with van der Waals surface area (Å²) in [5, 5.41) is 11.9. The van der Waals surface area contributed by atoms with E-state index in [0.717, 1.165) is 0 Å². The number of nitrogens with one attached hydrogen (secondary N) is 1. The highest BCUT2D eigenvalue weighted by molar-refractivity contribution is 6.09. The number of carbonyl (C=O) groups is 1. The van der Waals surface area contributed by atoms with Crippen LogP contribution in [0.15, 0.2) is 28.7 Å². The quantitative estimate of drug-likeness (QED) is 0.403. The van der Waals surface area contributed by atoms with E-state index in [1.165, 1.54) is 18.4 Å². The number of hydrogen-bond acceptors (Lipinski definition) is 5. The molecule has 0 spiro atoms. The number of allylic oxidation sites excluding steroid dienone is 2. The molecule has 1 heterocycles. The van der Waals surface area contributed by atoms with E-state index >= 15 is 0 Å². The molecule has 0 radical (unpaired) electrons. The first kappa shape index (κ1) is 9.47. The van der Waals surface area contributed by atoms with Gasteiger partial charge >= 0.3 is 0 Å².